The Kier molecular flexibility index (Phi) is 6.01. The first-order chi connectivity index (χ1) is 8.92. The predicted octanol–water partition coefficient (Wildman–Crippen LogP) is 2.81. The largest absolute Gasteiger partial charge is 0.370 e. The fourth-order valence-corrected chi connectivity index (χ4v) is 2.47. The van der Waals surface area contributed by atoms with Crippen LogP contribution in [0.3, 0.4) is 0 Å². The van der Waals surface area contributed by atoms with Crippen molar-refractivity contribution in [2.45, 2.75) is 46.6 Å². The fourth-order valence-electron chi connectivity index (χ4n) is 2.11. The number of nitrogens with zero attached hydrogens (tertiary/aromatic N) is 2. The van der Waals surface area contributed by atoms with E-state index in [0.29, 0.717) is 11.6 Å². The lowest BCUT2D eigenvalue weighted by molar-refractivity contribution is -0.132. The third-order valence-corrected chi connectivity index (χ3v) is 3.55. The summed E-state index contributed by atoms with van der Waals surface area (Å²) >= 11 is 6.26. The number of aryl methyl sites for hydroxylation is 2. The van der Waals surface area contributed by atoms with E-state index in [2.05, 4.69) is 5.10 Å². The van der Waals surface area contributed by atoms with Crippen LogP contribution in [0.4, 0.5) is 0 Å². The van der Waals surface area contributed by atoms with Gasteiger partial charge in [0, 0.05) is 13.7 Å². The molecule has 0 N–H and O–H groups in total. The lowest BCUT2D eigenvalue weighted by Crippen LogP contribution is -2.31. The van der Waals surface area contributed by atoms with Gasteiger partial charge in [-0.3, -0.25) is 9.48 Å². The summed E-state index contributed by atoms with van der Waals surface area (Å²) in [6.45, 7) is 8.40. The van der Waals surface area contributed by atoms with Crippen LogP contribution < -0.4 is 0 Å². The van der Waals surface area contributed by atoms with E-state index in [-0.39, 0.29) is 24.2 Å². The second-order valence-electron chi connectivity index (χ2n) is 4.95. The van der Waals surface area contributed by atoms with Gasteiger partial charge < -0.3 is 4.74 Å². The van der Waals surface area contributed by atoms with Crippen molar-refractivity contribution in [1.29, 1.82) is 0 Å². The Balaban J connectivity index is 2.89. The van der Waals surface area contributed by atoms with Gasteiger partial charge in [0.15, 0.2) is 5.78 Å². The van der Waals surface area contributed by atoms with E-state index < -0.39 is 0 Å². The van der Waals surface area contributed by atoms with Crippen LogP contribution in [0.5, 0.6) is 0 Å². The molecule has 0 aliphatic carbocycles. The molecule has 0 aliphatic rings. The van der Waals surface area contributed by atoms with Gasteiger partial charge in [0.05, 0.1) is 22.8 Å². The molecular weight excluding hydrogens is 264 g/mol. The number of ketones is 1. The van der Waals surface area contributed by atoms with Gasteiger partial charge in [-0.05, 0) is 19.3 Å². The van der Waals surface area contributed by atoms with Crippen LogP contribution >= 0.6 is 11.6 Å². The van der Waals surface area contributed by atoms with E-state index in [9.17, 15) is 4.79 Å². The summed E-state index contributed by atoms with van der Waals surface area (Å²) in [4.78, 5) is 12.3. The highest BCUT2D eigenvalue weighted by atomic mass is 35.5. The summed E-state index contributed by atoms with van der Waals surface area (Å²) in [5, 5.41) is 4.93. The van der Waals surface area contributed by atoms with Crippen molar-refractivity contribution in [2.75, 3.05) is 6.61 Å². The van der Waals surface area contributed by atoms with Gasteiger partial charge in [0.2, 0.25) is 0 Å². The van der Waals surface area contributed by atoms with Crippen molar-refractivity contribution in [3.63, 3.8) is 0 Å². The number of hydrogen-bond acceptors (Lipinski definition) is 3. The van der Waals surface area contributed by atoms with Crippen molar-refractivity contribution >= 4 is 17.4 Å². The van der Waals surface area contributed by atoms with Gasteiger partial charge >= 0.3 is 0 Å². The van der Waals surface area contributed by atoms with Crippen LogP contribution in [-0.4, -0.2) is 28.3 Å². The number of halogens is 1. The maximum Gasteiger partial charge on any atom is 0.167 e. The standard InChI is InChI=1S/C14H23ClN2O2/c1-6-10-13(15)11(17(5)16-10)8-12(18)14(9(3)4)19-7-2/h9,14H,6-8H2,1-5H3. The zero-order valence-corrected chi connectivity index (χ0v) is 13.1. The first-order valence-electron chi connectivity index (χ1n) is 6.76. The second-order valence-corrected chi connectivity index (χ2v) is 5.33. The molecule has 1 heterocycles. The molecule has 1 unspecified atom stereocenters. The molecule has 1 aromatic heterocycles. The molecule has 4 nitrogen and oxygen atoms in total. The summed E-state index contributed by atoms with van der Waals surface area (Å²) < 4.78 is 7.22. The van der Waals surface area contributed by atoms with Crippen LogP contribution in [0, 0.1) is 5.92 Å². The van der Waals surface area contributed by atoms with Gasteiger partial charge in [-0.25, -0.2) is 0 Å². The maximum atomic E-state index is 12.3. The number of carbonyl (C=O) groups excluding carboxylic acids is 1. The molecule has 0 radical (unpaired) electrons. The molecule has 0 saturated carbocycles. The Morgan fingerprint density at radius 3 is 2.47 bits per heavy atom. The van der Waals surface area contributed by atoms with Crippen molar-refractivity contribution in [3.05, 3.63) is 16.4 Å². The summed E-state index contributed by atoms with van der Waals surface area (Å²) in [7, 11) is 1.82. The van der Waals surface area contributed by atoms with Crippen LogP contribution in [0.2, 0.25) is 5.02 Å². The average Bonchev–Trinajstić information content (AvgIpc) is 2.62. The monoisotopic (exact) mass is 286 g/mol. The SMILES string of the molecule is CCOC(C(=O)Cc1c(Cl)c(CC)nn1C)C(C)C. The van der Waals surface area contributed by atoms with Gasteiger partial charge in [-0.2, -0.15) is 5.10 Å². The Morgan fingerprint density at radius 2 is 2.05 bits per heavy atom. The zero-order chi connectivity index (χ0) is 14.6. The van der Waals surface area contributed by atoms with E-state index >= 15 is 0 Å². The minimum atomic E-state index is -0.374. The van der Waals surface area contributed by atoms with E-state index in [0.717, 1.165) is 17.8 Å². The van der Waals surface area contributed by atoms with Gasteiger partial charge in [-0.1, -0.05) is 32.4 Å². The Labute approximate surface area is 120 Å². The highest BCUT2D eigenvalue weighted by Gasteiger charge is 2.25. The molecule has 1 aromatic rings. The first-order valence-corrected chi connectivity index (χ1v) is 7.14. The topological polar surface area (TPSA) is 44.1 Å². The van der Waals surface area contributed by atoms with E-state index in [1.165, 1.54) is 0 Å². The predicted molar refractivity (Wildman–Crippen MR) is 76.6 cm³/mol. The molecule has 0 aromatic carbocycles. The third-order valence-electron chi connectivity index (χ3n) is 3.11. The number of rotatable bonds is 7. The maximum absolute atomic E-state index is 12.3. The first kappa shape index (κ1) is 16.2. The minimum Gasteiger partial charge on any atom is -0.370 e. The molecule has 1 atom stereocenters. The lowest BCUT2D eigenvalue weighted by Gasteiger charge is -2.19. The molecule has 0 aliphatic heterocycles. The van der Waals surface area contributed by atoms with Crippen molar-refractivity contribution < 1.29 is 9.53 Å². The molecule has 5 heteroatoms. The number of Topliss-reactive ketones (excluding diaryl/α,β-unsaturated/α-hetero) is 1. The number of aromatic nitrogens is 2. The van der Waals surface area contributed by atoms with E-state index in [1.807, 2.05) is 34.7 Å². The molecule has 0 amide bonds. The van der Waals surface area contributed by atoms with Crippen LogP contribution in [0.1, 0.15) is 39.1 Å². The number of carbonyl (C=O) groups is 1. The normalized spacial score (nSPS) is 13.0. The number of ether oxygens (including phenoxy) is 1. The van der Waals surface area contributed by atoms with E-state index in [1.54, 1.807) is 4.68 Å². The summed E-state index contributed by atoms with van der Waals surface area (Å²) in [6, 6.07) is 0. The molecular formula is C14H23ClN2O2. The molecule has 0 bridgehead atoms. The van der Waals surface area contributed by atoms with Crippen LogP contribution in [0.15, 0.2) is 0 Å². The van der Waals surface area contributed by atoms with Gasteiger partial charge in [-0.15, -0.1) is 0 Å². The third kappa shape index (κ3) is 3.80. The Bertz CT molecular complexity index is 441. The van der Waals surface area contributed by atoms with Crippen molar-refractivity contribution in [1.82, 2.24) is 9.78 Å². The Morgan fingerprint density at radius 1 is 1.42 bits per heavy atom. The second kappa shape index (κ2) is 7.06. The van der Waals surface area contributed by atoms with E-state index in [4.69, 9.17) is 16.3 Å². The number of hydrogen-bond donors (Lipinski definition) is 0. The van der Waals surface area contributed by atoms with Crippen LogP contribution in [-0.2, 0) is 29.4 Å². The highest BCUT2D eigenvalue weighted by molar-refractivity contribution is 6.32. The van der Waals surface area contributed by atoms with Crippen molar-refractivity contribution in [2.24, 2.45) is 13.0 Å². The van der Waals surface area contributed by atoms with Crippen LogP contribution in [0.25, 0.3) is 0 Å². The minimum absolute atomic E-state index is 0.0596. The average molecular weight is 287 g/mol. The quantitative estimate of drug-likeness (QED) is 0.774. The molecule has 108 valence electrons. The molecule has 0 fully saturated rings. The zero-order valence-electron chi connectivity index (χ0n) is 12.4. The Hall–Kier alpha value is -0.870. The lowest BCUT2D eigenvalue weighted by atomic mass is 9.99. The summed E-state index contributed by atoms with van der Waals surface area (Å²) in [6.07, 6.45) is 0.659. The summed E-state index contributed by atoms with van der Waals surface area (Å²) in [5.74, 6) is 0.217. The van der Waals surface area contributed by atoms with Gasteiger partial charge in [0.1, 0.15) is 6.10 Å². The van der Waals surface area contributed by atoms with Crippen molar-refractivity contribution in [3.8, 4) is 0 Å². The highest BCUT2D eigenvalue weighted by Crippen LogP contribution is 2.22. The molecule has 0 saturated heterocycles. The molecule has 1 rings (SSSR count). The molecule has 19 heavy (non-hydrogen) atoms. The smallest absolute Gasteiger partial charge is 0.167 e. The summed E-state index contributed by atoms with van der Waals surface area (Å²) in [5.41, 5.74) is 1.61. The van der Waals surface area contributed by atoms with Gasteiger partial charge in [0.25, 0.3) is 0 Å². The molecule has 0 spiro atoms. The fraction of sp³-hybridized carbons (Fsp3) is 0.714.